The SMILES string of the molecule is O=C(O)CCNC(=O)NCC1(c2ccccc2Br)CC1. The molecular weight excluding hydrogens is 324 g/mol. The van der Waals surface area contributed by atoms with Crippen molar-refractivity contribution in [3.05, 3.63) is 34.3 Å². The Balaban J connectivity index is 1.83. The van der Waals surface area contributed by atoms with Gasteiger partial charge in [0, 0.05) is 23.0 Å². The van der Waals surface area contributed by atoms with E-state index in [1.54, 1.807) is 0 Å². The Bertz CT molecular complexity index is 515. The maximum atomic E-state index is 11.6. The second-order valence-electron chi connectivity index (χ2n) is 5.01. The standard InChI is InChI=1S/C14H17BrN2O3/c15-11-4-2-1-3-10(11)14(6-7-14)9-17-13(20)16-8-5-12(18)19/h1-4H,5-9H2,(H,18,19)(H2,16,17,20). The molecule has 0 bridgehead atoms. The number of hydrogen-bond acceptors (Lipinski definition) is 2. The summed E-state index contributed by atoms with van der Waals surface area (Å²) in [5, 5.41) is 13.9. The summed E-state index contributed by atoms with van der Waals surface area (Å²) in [7, 11) is 0. The first-order valence-electron chi connectivity index (χ1n) is 6.52. The summed E-state index contributed by atoms with van der Waals surface area (Å²) < 4.78 is 1.06. The van der Waals surface area contributed by atoms with Crippen molar-refractivity contribution in [1.29, 1.82) is 0 Å². The largest absolute Gasteiger partial charge is 0.481 e. The lowest BCUT2D eigenvalue weighted by atomic mass is 9.96. The number of carboxylic acids is 1. The maximum Gasteiger partial charge on any atom is 0.314 e. The molecule has 0 spiro atoms. The van der Waals surface area contributed by atoms with Crippen LogP contribution in [0.25, 0.3) is 0 Å². The van der Waals surface area contributed by atoms with Crippen molar-refractivity contribution in [2.24, 2.45) is 0 Å². The topological polar surface area (TPSA) is 78.4 Å². The van der Waals surface area contributed by atoms with E-state index in [4.69, 9.17) is 5.11 Å². The molecule has 1 aromatic rings. The van der Waals surface area contributed by atoms with Crippen molar-refractivity contribution in [2.45, 2.75) is 24.7 Å². The number of hydrogen-bond donors (Lipinski definition) is 3. The molecule has 1 aliphatic rings. The van der Waals surface area contributed by atoms with Crippen LogP contribution < -0.4 is 10.6 Å². The summed E-state index contributed by atoms with van der Waals surface area (Å²) in [6, 6.07) is 7.72. The monoisotopic (exact) mass is 340 g/mol. The van der Waals surface area contributed by atoms with Gasteiger partial charge in [-0.25, -0.2) is 4.79 Å². The van der Waals surface area contributed by atoms with Gasteiger partial charge in [-0.05, 0) is 24.5 Å². The lowest BCUT2D eigenvalue weighted by molar-refractivity contribution is -0.136. The van der Waals surface area contributed by atoms with Crippen molar-refractivity contribution < 1.29 is 14.7 Å². The number of halogens is 1. The number of benzene rings is 1. The molecule has 0 saturated heterocycles. The predicted molar refractivity (Wildman–Crippen MR) is 78.7 cm³/mol. The molecule has 1 aliphatic carbocycles. The van der Waals surface area contributed by atoms with Gasteiger partial charge >= 0.3 is 12.0 Å². The molecule has 6 heteroatoms. The minimum Gasteiger partial charge on any atom is -0.481 e. The Kier molecular flexibility index (Phi) is 4.65. The lowest BCUT2D eigenvalue weighted by Gasteiger charge is -2.18. The fraction of sp³-hybridized carbons (Fsp3) is 0.429. The number of carbonyl (C=O) groups excluding carboxylic acids is 1. The van der Waals surface area contributed by atoms with E-state index in [-0.39, 0.29) is 24.4 Å². The number of urea groups is 1. The Hall–Kier alpha value is -1.56. The minimum atomic E-state index is -0.919. The molecule has 0 atom stereocenters. The van der Waals surface area contributed by atoms with Gasteiger partial charge in [0.2, 0.25) is 0 Å². The average Bonchev–Trinajstić information content (AvgIpc) is 3.17. The van der Waals surface area contributed by atoms with Crippen LogP contribution in [0.2, 0.25) is 0 Å². The van der Waals surface area contributed by atoms with Crippen LogP contribution in [0, 0.1) is 0 Å². The summed E-state index contributed by atoms with van der Waals surface area (Å²) >= 11 is 3.54. The van der Waals surface area contributed by atoms with E-state index in [1.807, 2.05) is 18.2 Å². The smallest absolute Gasteiger partial charge is 0.314 e. The first kappa shape index (κ1) is 14.8. The molecule has 0 aliphatic heterocycles. The van der Waals surface area contributed by atoms with Crippen molar-refractivity contribution in [3.8, 4) is 0 Å². The quantitative estimate of drug-likeness (QED) is 0.743. The number of rotatable bonds is 6. The molecule has 3 N–H and O–H groups in total. The van der Waals surface area contributed by atoms with E-state index in [2.05, 4.69) is 32.6 Å². The molecule has 0 unspecified atom stereocenters. The summed E-state index contributed by atoms with van der Waals surface area (Å²) in [4.78, 5) is 21.9. The van der Waals surface area contributed by atoms with Gasteiger partial charge in [-0.3, -0.25) is 4.79 Å². The van der Waals surface area contributed by atoms with Crippen molar-refractivity contribution in [3.63, 3.8) is 0 Å². The van der Waals surface area contributed by atoms with Gasteiger partial charge in [0.25, 0.3) is 0 Å². The van der Waals surface area contributed by atoms with E-state index >= 15 is 0 Å². The van der Waals surface area contributed by atoms with Crippen LogP contribution in [0.3, 0.4) is 0 Å². The molecule has 5 nitrogen and oxygen atoms in total. The highest BCUT2D eigenvalue weighted by Gasteiger charge is 2.45. The highest BCUT2D eigenvalue weighted by Crippen LogP contribution is 2.49. The molecule has 1 saturated carbocycles. The highest BCUT2D eigenvalue weighted by atomic mass is 79.9. The molecule has 0 heterocycles. The van der Waals surface area contributed by atoms with Crippen molar-refractivity contribution >= 4 is 27.9 Å². The molecule has 0 aromatic heterocycles. The third-order valence-electron chi connectivity index (χ3n) is 3.51. The predicted octanol–water partition coefficient (Wildman–Crippen LogP) is 2.25. The number of nitrogens with one attached hydrogen (secondary N) is 2. The average molecular weight is 341 g/mol. The van der Waals surface area contributed by atoms with Crippen molar-refractivity contribution in [2.75, 3.05) is 13.1 Å². The highest BCUT2D eigenvalue weighted by molar-refractivity contribution is 9.10. The van der Waals surface area contributed by atoms with Crippen LogP contribution >= 0.6 is 15.9 Å². The fourth-order valence-electron chi connectivity index (χ4n) is 2.18. The number of amides is 2. The Morgan fingerprint density at radius 1 is 1.25 bits per heavy atom. The van der Waals surface area contributed by atoms with E-state index in [0.717, 1.165) is 17.3 Å². The van der Waals surface area contributed by atoms with Gasteiger partial charge in [0.1, 0.15) is 0 Å². The van der Waals surface area contributed by atoms with Crippen molar-refractivity contribution in [1.82, 2.24) is 10.6 Å². The van der Waals surface area contributed by atoms with Crippen LogP contribution in [0.4, 0.5) is 4.79 Å². The minimum absolute atomic E-state index is 0.0181. The van der Waals surface area contributed by atoms with E-state index < -0.39 is 5.97 Å². The van der Waals surface area contributed by atoms with E-state index in [0.29, 0.717) is 6.54 Å². The third kappa shape index (κ3) is 3.72. The third-order valence-corrected chi connectivity index (χ3v) is 4.20. The Labute approximate surface area is 125 Å². The molecule has 20 heavy (non-hydrogen) atoms. The molecule has 2 rings (SSSR count). The Morgan fingerprint density at radius 2 is 1.95 bits per heavy atom. The van der Waals surface area contributed by atoms with Crippen LogP contribution in [0.1, 0.15) is 24.8 Å². The molecule has 0 radical (unpaired) electrons. The zero-order chi connectivity index (χ0) is 14.6. The van der Waals surface area contributed by atoms with Gasteiger partial charge in [-0.2, -0.15) is 0 Å². The molecule has 108 valence electrons. The van der Waals surface area contributed by atoms with Gasteiger partial charge in [0.05, 0.1) is 6.42 Å². The number of carbonyl (C=O) groups is 2. The van der Waals surface area contributed by atoms with Crippen LogP contribution in [-0.2, 0) is 10.2 Å². The first-order valence-corrected chi connectivity index (χ1v) is 7.31. The summed E-state index contributed by atoms with van der Waals surface area (Å²) in [5.74, 6) is -0.919. The van der Waals surface area contributed by atoms with Gasteiger partial charge in [-0.15, -0.1) is 0 Å². The Morgan fingerprint density at radius 3 is 2.55 bits per heavy atom. The van der Waals surface area contributed by atoms with Gasteiger partial charge in [-0.1, -0.05) is 34.1 Å². The van der Waals surface area contributed by atoms with Gasteiger partial charge < -0.3 is 15.7 Å². The summed E-state index contributed by atoms with van der Waals surface area (Å²) in [6.07, 6.45) is 2.03. The zero-order valence-electron chi connectivity index (χ0n) is 11.0. The van der Waals surface area contributed by atoms with E-state index in [1.165, 1.54) is 5.56 Å². The summed E-state index contributed by atoms with van der Waals surface area (Å²) in [5.41, 5.74) is 1.23. The second-order valence-corrected chi connectivity index (χ2v) is 5.87. The van der Waals surface area contributed by atoms with E-state index in [9.17, 15) is 9.59 Å². The summed E-state index contributed by atoms with van der Waals surface area (Å²) in [6.45, 7) is 0.706. The molecule has 1 fully saturated rings. The zero-order valence-corrected chi connectivity index (χ0v) is 12.6. The second kappa shape index (κ2) is 6.26. The molecule has 1 aromatic carbocycles. The first-order chi connectivity index (χ1) is 9.53. The van der Waals surface area contributed by atoms with Crippen LogP contribution in [0.15, 0.2) is 28.7 Å². The molecular formula is C14H17BrN2O3. The maximum absolute atomic E-state index is 11.6. The lowest BCUT2D eigenvalue weighted by Crippen LogP contribution is -2.40. The number of carboxylic acid groups (broad SMARTS) is 1. The molecule has 2 amide bonds. The normalized spacial score (nSPS) is 15.4. The van der Waals surface area contributed by atoms with Crippen LogP contribution in [0.5, 0.6) is 0 Å². The van der Waals surface area contributed by atoms with Crippen LogP contribution in [-0.4, -0.2) is 30.2 Å². The van der Waals surface area contributed by atoms with Gasteiger partial charge in [0.15, 0.2) is 0 Å². The fourth-order valence-corrected chi connectivity index (χ4v) is 2.88. The number of aliphatic carboxylic acids is 1.